The van der Waals surface area contributed by atoms with Crippen molar-refractivity contribution in [3.8, 4) is 23.0 Å². The molecule has 152 valence electrons. The Morgan fingerprint density at radius 1 is 1.07 bits per heavy atom. The highest BCUT2D eigenvalue weighted by molar-refractivity contribution is 9.11. The third-order valence-corrected chi connectivity index (χ3v) is 7.05. The number of oxazole rings is 1. The number of halogens is 4. The van der Waals surface area contributed by atoms with Gasteiger partial charge in [-0.15, -0.1) is 0 Å². The molecule has 0 saturated carbocycles. The van der Waals surface area contributed by atoms with Crippen molar-refractivity contribution in [3.63, 3.8) is 0 Å². The van der Waals surface area contributed by atoms with E-state index < -0.39 is 0 Å². The molecule has 4 rings (SSSR count). The number of phenolic OH excluding ortho intramolecular Hbond substituents is 2. The van der Waals surface area contributed by atoms with Crippen molar-refractivity contribution in [1.82, 2.24) is 4.98 Å². The number of nitrogens with zero attached hydrogens (tertiary/aromatic N) is 2. The maximum Gasteiger partial charge on any atom is 0.228 e. The summed E-state index contributed by atoms with van der Waals surface area (Å²) in [7, 11) is 0. The number of aromatic hydroxyl groups is 2. The molecule has 4 aromatic rings. The average Bonchev–Trinajstić information content (AvgIpc) is 3.16. The molecule has 0 saturated heterocycles. The van der Waals surface area contributed by atoms with Gasteiger partial charge in [0.25, 0.3) is 0 Å². The van der Waals surface area contributed by atoms with Gasteiger partial charge < -0.3 is 14.6 Å². The van der Waals surface area contributed by atoms with Gasteiger partial charge in [-0.2, -0.15) is 0 Å². The fourth-order valence-corrected chi connectivity index (χ4v) is 4.35. The molecule has 0 unspecified atom stereocenters. The van der Waals surface area contributed by atoms with Crippen LogP contribution in [0.15, 0.2) is 54.8 Å². The van der Waals surface area contributed by atoms with Crippen LogP contribution in [0, 0.1) is 6.92 Å². The molecule has 0 fully saturated rings. The molecule has 0 aliphatic heterocycles. The Labute approximate surface area is 198 Å². The Kier molecular flexibility index (Phi) is 5.81. The van der Waals surface area contributed by atoms with Crippen molar-refractivity contribution in [2.24, 2.45) is 4.99 Å². The fourth-order valence-electron chi connectivity index (χ4n) is 2.88. The smallest absolute Gasteiger partial charge is 0.228 e. The lowest BCUT2D eigenvalue weighted by atomic mass is 10.1. The monoisotopic (exact) mass is 568 g/mol. The first-order chi connectivity index (χ1) is 14.3. The van der Waals surface area contributed by atoms with E-state index in [0.717, 1.165) is 0 Å². The van der Waals surface area contributed by atoms with Crippen molar-refractivity contribution < 1.29 is 14.6 Å². The summed E-state index contributed by atoms with van der Waals surface area (Å²) in [5.41, 5.74) is 3.51. The Balaban J connectivity index is 1.73. The first-order valence-electron chi connectivity index (χ1n) is 8.56. The molecule has 1 heterocycles. The van der Waals surface area contributed by atoms with Gasteiger partial charge in [0, 0.05) is 11.8 Å². The van der Waals surface area contributed by atoms with Crippen LogP contribution in [-0.4, -0.2) is 21.4 Å². The summed E-state index contributed by atoms with van der Waals surface area (Å²) in [4.78, 5) is 8.93. The van der Waals surface area contributed by atoms with Gasteiger partial charge in [-0.3, -0.25) is 4.99 Å². The van der Waals surface area contributed by atoms with Crippen LogP contribution in [0.5, 0.6) is 11.5 Å². The zero-order valence-electron chi connectivity index (χ0n) is 15.3. The van der Waals surface area contributed by atoms with Crippen LogP contribution in [-0.2, 0) is 0 Å². The SMILES string of the molecule is Cc1c(Br)c(O)c(Br)c(O)c1C=Nc1ccc2oc(-c3cccc(Cl)c3Cl)nc2c1. The average molecular weight is 571 g/mol. The molecule has 3 aromatic carbocycles. The van der Waals surface area contributed by atoms with Crippen LogP contribution in [0.2, 0.25) is 10.0 Å². The minimum absolute atomic E-state index is 0.0710. The zero-order valence-corrected chi connectivity index (χ0v) is 19.9. The molecule has 1 aromatic heterocycles. The summed E-state index contributed by atoms with van der Waals surface area (Å²) >= 11 is 18.8. The molecule has 2 N–H and O–H groups in total. The second-order valence-electron chi connectivity index (χ2n) is 6.39. The highest BCUT2D eigenvalue weighted by Crippen LogP contribution is 2.43. The van der Waals surface area contributed by atoms with Crippen LogP contribution < -0.4 is 0 Å². The van der Waals surface area contributed by atoms with Gasteiger partial charge in [0.1, 0.15) is 21.5 Å². The maximum absolute atomic E-state index is 10.3. The molecular formula is C21H12Br2Cl2N2O3. The van der Waals surface area contributed by atoms with Gasteiger partial charge in [-0.1, -0.05) is 29.3 Å². The van der Waals surface area contributed by atoms with E-state index in [4.69, 9.17) is 27.6 Å². The second kappa shape index (κ2) is 8.23. The maximum atomic E-state index is 10.3. The van der Waals surface area contributed by atoms with Gasteiger partial charge in [0.15, 0.2) is 5.58 Å². The number of hydrogen-bond acceptors (Lipinski definition) is 5. The topological polar surface area (TPSA) is 78.9 Å². The molecule has 0 bridgehead atoms. The Morgan fingerprint density at radius 2 is 1.83 bits per heavy atom. The van der Waals surface area contributed by atoms with E-state index in [0.29, 0.717) is 53.9 Å². The van der Waals surface area contributed by atoms with Crippen LogP contribution in [0.25, 0.3) is 22.6 Å². The van der Waals surface area contributed by atoms with Gasteiger partial charge >= 0.3 is 0 Å². The normalized spacial score (nSPS) is 11.6. The van der Waals surface area contributed by atoms with Crippen molar-refractivity contribution in [1.29, 1.82) is 0 Å². The number of fused-ring (bicyclic) bond motifs is 1. The summed E-state index contributed by atoms with van der Waals surface area (Å²) in [5, 5.41) is 21.1. The minimum Gasteiger partial charge on any atom is -0.506 e. The number of benzene rings is 3. The third-order valence-electron chi connectivity index (χ3n) is 4.51. The fraction of sp³-hybridized carbons (Fsp3) is 0.0476. The van der Waals surface area contributed by atoms with Crippen LogP contribution in [0.1, 0.15) is 11.1 Å². The van der Waals surface area contributed by atoms with E-state index in [1.54, 1.807) is 43.3 Å². The molecular weight excluding hydrogens is 559 g/mol. The first-order valence-corrected chi connectivity index (χ1v) is 10.9. The summed E-state index contributed by atoms with van der Waals surface area (Å²) in [5.74, 6) is 0.189. The Hall–Kier alpha value is -2.06. The highest BCUT2D eigenvalue weighted by Gasteiger charge is 2.17. The lowest BCUT2D eigenvalue weighted by Gasteiger charge is -2.10. The molecule has 9 heteroatoms. The van der Waals surface area contributed by atoms with Crippen molar-refractivity contribution in [3.05, 3.63) is 66.5 Å². The van der Waals surface area contributed by atoms with E-state index in [1.165, 1.54) is 6.21 Å². The molecule has 0 aliphatic carbocycles. The summed E-state index contributed by atoms with van der Waals surface area (Å²) in [6, 6.07) is 10.5. The largest absolute Gasteiger partial charge is 0.506 e. The van der Waals surface area contributed by atoms with Gasteiger partial charge in [0.05, 0.1) is 25.8 Å². The molecule has 0 radical (unpaired) electrons. The molecule has 0 spiro atoms. The highest BCUT2D eigenvalue weighted by atomic mass is 79.9. The molecule has 5 nitrogen and oxygen atoms in total. The second-order valence-corrected chi connectivity index (χ2v) is 8.77. The standard InChI is InChI=1S/C21H12Br2Cl2N2O3/c1-9-12(19(28)17(23)20(29)16(9)22)8-26-10-5-6-15-14(7-10)27-21(30-15)11-3-2-4-13(24)18(11)25/h2-8,28-29H,1H3. The number of aliphatic imine (C=N–C) groups is 1. The predicted octanol–water partition coefficient (Wildman–Crippen LogP) is 7.80. The van der Waals surface area contributed by atoms with Crippen molar-refractivity contribution in [2.45, 2.75) is 6.92 Å². The summed E-state index contributed by atoms with van der Waals surface area (Å²) in [6.07, 6.45) is 1.52. The molecule has 0 atom stereocenters. The minimum atomic E-state index is -0.0997. The van der Waals surface area contributed by atoms with E-state index in [1.807, 2.05) is 0 Å². The van der Waals surface area contributed by atoms with Crippen molar-refractivity contribution >= 4 is 78.1 Å². The third kappa shape index (κ3) is 3.71. The van der Waals surface area contributed by atoms with E-state index >= 15 is 0 Å². The van der Waals surface area contributed by atoms with Crippen molar-refractivity contribution in [2.75, 3.05) is 0 Å². The Bertz CT molecular complexity index is 1310. The van der Waals surface area contributed by atoms with E-state index in [2.05, 4.69) is 41.8 Å². The summed E-state index contributed by atoms with van der Waals surface area (Å²) in [6.45, 7) is 1.76. The number of aromatic nitrogens is 1. The molecule has 0 aliphatic rings. The molecule has 0 amide bonds. The lowest BCUT2D eigenvalue weighted by molar-refractivity contribution is 0.441. The van der Waals surface area contributed by atoms with Crippen LogP contribution in [0.3, 0.4) is 0 Å². The van der Waals surface area contributed by atoms with Gasteiger partial charge in [-0.25, -0.2) is 4.98 Å². The van der Waals surface area contributed by atoms with E-state index in [-0.39, 0.29) is 16.0 Å². The van der Waals surface area contributed by atoms with Gasteiger partial charge in [-0.05, 0) is 74.7 Å². The van der Waals surface area contributed by atoms with Crippen LogP contribution in [0.4, 0.5) is 5.69 Å². The van der Waals surface area contributed by atoms with Crippen LogP contribution >= 0.6 is 55.1 Å². The summed E-state index contributed by atoms with van der Waals surface area (Å²) < 4.78 is 6.47. The lowest BCUT2D eigenvalue weighted by Crippen LogP contribution is -1.92. The zero-order chi connectivity index (χ0) is 21.6. The predicted molar refractivity (Wildman–Crippen MR) is 127 cm³/mol. The Morgan fingerprint density at radius 3 is 2.60 bits per heavy atom. The number of hydrogen-bond donors (Lipinski definition) is 2. The number of rotatable bonds is 3. The first kappa shape index (κ1) is 21.2. The van der Waals surface area contributed by atoms with E-state index in [9.17, 15) is 10.2 Å². The quantitative estimate of drug-likeness (QED) is 0.246. The number of phenols is 2. The van der Waals surface area contributed by atoms with Gasteiger partial charge in [0.2, 0.25) is 5.89 Å². The molecule has 30 heavy (non-hydrogen) atoms.